The zero-order valence-electron chi connectivity index (χ0n) is 19.9. The summed E-state index contributed by atoms with van der Waals surface area (Å²) in [6.07, 6.45) is -9.77. The molecule has 3 aromatic carbocycles. The molecule has 1 heterocycles. The quantitative estimate of drug-likeness (QED) is 0.190. The maximum atomic E-state index is 13.2. The molecule has 0 amide bonds. The number of hydrogen-bond acceptors (Lipinski definition) is 6. The van der Waals surface area contributed by atoms with Gasteiger partial charge in [-0.15, -0.1) is 24.5 Å². The van der Waals surface area contributed by atoms with E-state index in [-0.39, 0.29) is 31.0 Å². The molecule has 0 bridgehead atoms. The molecule has 7 nitrogen and oxygen atoms in total. The summed E-state index contributed by atoms with van der Waals surface area (Å²) in [4.78, 5) is -0.759. The highest BCUT2D eigenvalue weighted by atomic mass is 35.5. The van der Waals surface area contributed by atoms with Crippen molar-refractivity contribution >= 4 is 54.4 Å². The summed E-state index contributed by atoms with van der Waals surface area (Å²) in [6.45, 7) is 0. The summed E-state index contributed by atoms with van der Waals surface area (Å²) < 4.78 is 137. The van der Waals surface area contributed by atoms with Crippen LogP contribution in [0.25, 0.3) is 11.1 Å². The van der Waals surface area contributed by atoms with Gasteiger partial charge in [-0.3, -0.25) is 9.44 Å². The van der Waals surface area contributed by atoms with Crippen LogP contribution in [0.2, 0.25) is 4.34 Å². The predicted octanol–water partition coefficient (Wildman–Crippen LogP) is 7.59. The number of ether oxygens (including phenoxy) is 1. The number of rotatable bonds is 8. The summed E-state index contributed by atoms with van der Waals surface area (Å²) >= 11 is 6.54. The molecule has 0 saturated carbocycles. The number of anilines is 2. The summed E-state index contributed by atoms with van der Waals surface area (Å²) in [5.41, 5.74) is -1.43. The first-order chi connectivity index (χ1) is 18.9. The summed E-state index contributed by atoms with van der Waals surface area (Å²) in [6, 6.07) is 13.6. The monoisotopic (exact) mass is 656 g/mol. The molecule has 17 heteroatoms. The molecular weight excluding hydrogens is 642 g/mol. The van der Waals surface area contributed by atoms with Gasteiger partial charge in [-0.2, -0.15) is 13.2 Å². The van der Waals surface area contributed by atoms with Crippen molar-refractivity contribution in [2.75, 3.05) is 9.44 Å². The Morgan fingerprint density at radius 1 is 0.707 bits per heavy atom. The third-order valence-electron chi connectivity index (χ3n) is 5.21. The molecule has 4 rings (SSSR count). The largest absolute Gasteiger partial charge is 0.573 e. The third kappa shape index (κ3) is 7.63. The Morgan fingerprint density at radius 3 is 1.93 bits per heavy atom. The van der Waals surface area contributed by atoms with E-state index in [1.165, 1.54) is 36.4 Å². The van der Waals surface area contributed by atoms with E-state index in [4.69, 9.17) is 11.6 Å². The first-order valence-electron chi connectivity index (χ1n) is 10.9. The predicted molar refractivity (Wildman–Crippen MR) is 141 cm³/mol. The minimum absolute atomic E-state index is 0.157. The lowest BCUT2D eigenvalue weighted by molar-refractivity contribution is -0.274. The highest BCUT2D eigenvalue weighted by molar-refractivity contribution is 7.94. The topological polar surface area (TPSA) is 102 Å². The third-order valence-corrected chi connectivity index (χ3v) is 9.67. The SMILES string of the molecule is O=S(=O)(Nc1cc(-c2ccc(OC(F)(F)F)cc2)ccc1NS(=O)(=O)c1ccc(Cl)s1)c1cccc(C(F)(F)F)c1. The second-order valence-corrected chi connectivity index (χ2v) is 13.4. The van der Waals surface area contributed by atoms with E-state index in [0.29, 0.717) is 23.5 Å². The maximum absolute atomic E-state index is 13.2. The maximum Gasteiger partial charge on any atom is 0.573 e. The molecule has 0 spiro atoms. The fourth-order valence-electron chi connectivity index (χ4n) is 3.43. The van der Waals surface area contributed by atoms with Crippen LogP contribution in [0.5, 0.6) is 5.75 Å². The molecule has 0 aliphatic heterocycles. The molecule has 41 heavy (non-hydrogen) atoms. The highest BCUT2D eigenvalue weighted by Gasteiger charge is 2.32. The summed E-state index contributed by atoms with van der Waals surface area (Å²) in [7, 11) is -8.99. The van der Waals surface area contributed by atoms with Crippen LogP contribution in [0, 0.1) is 0 Å². The minimum atomic E-state index is -4.93. The second kappa shape index (κ2) is 11.1. The zero-order chi connectivity index (χ0) is 30.2. The molecule has 0 aliphatic rings. The molecule has 1 aromatic heterocycles. The van der Waals surface area contributed by atoms with E-state index >= 15 is 0 Å². The molecule has 2 N–H and O–H groups in total. The van der Waals surface area contributed by atoms with Crippen LogP contribution in [-0.2, 0) is 26.2 Å². The number of sulfonamides is 2. The molecule has 0 aliphatic carbocycles. The Labute approximate surface area is 238 Å². The van der Waals surface area contributed by atoms with Crippen molar-refractivity contribution in [2.45, 2.75) is 21.6 Å². The number of hydrogen-bond donors (Lipinski definition) is 2. The minimum Gasteiger partial charge on any atom is -0.406 e. The van der Waals surface area contributed by atoms with E-state index in [2.05, 4.69) is 14.2 Å². The fourth-order valence-corrected chi connectivity index (χ4v) is 7.11. The van der Waals surface area contributed by atoms with Gasteiger partial charge < -0.3 is 4.74 Å². The number of alkyl halides is 6. The number of nitrogens with one attached hydrogen (secondary N) is 2. The zero-order valence-corrected chi connectivity index (χ0v) is 23.1. The van der Waals surface area contributed by atoms with Crippen molar-refractivity contribution in [1.29, 1.82) is 0 Å². The molecule has 0 radical (unpaired) electrons. The Kier molecular flexibility index (Phi) is 8.23. The van der Waals surface area contributed by atoms with Gasteiger partial charge in [-0.05, 0) is 65.7 Å². The molecule has 4 aromatic rings. The van der Waals surface area contributed by atoms with Gasteiger partial charge in [0.25, 0.3) is 20.0 Å². The van der Waals surface area contributed by atoms with Crippen LogP contribution in [-0.4, -0.2) is 23.2 Å². The van der Waals surface area contributed by atoms with Crippen molar-refractivity contribution in [3.05, 3.63) is 88.8 Å². The fraction of sp³-hybridized carbons (Fsp3) is 0.0833. The van der Waals surface area contributed by atoms with Gasteiger partial charge in [0.1, 0.15) is 9.96 Å². The molecule has 0 atom stereocenters. The van der Waals surface area contributed by atoms with Gasteiger partial charge in [0.05, 0.1) is 26.2 Å². The number of benzene rings is 3. The number of thiophene rings is 1. The van der Waals surface area contributed by atoms with Crippen LogP contribution in [0.3, 0.4) is 0 Å². The Balaban J connectivity index is 1.76. The highest BCUT2D eigenvalue weighted by Crippen LogP contribution is 2.36. The van der Waals surface area contributed by atoms with Gasteiger partial charge in [0, 0.05) is 0 Å². The Bertz CT molecular complexity index is 1790. The van der Waals surface area contributed by atoms with E-state index in [1.54, 1.807) is 0 Å². The standard InChI is InChI=1S/C24H15ClF6N2O5S3/c25-21-10-11-22(39-21)41(36,37)32-19-9-6-15(14-4-7-17(8-5-14)38-24(29,30)31)12-20(19)33-40(34,35)18-3-1-2-16(13-18)23(26,27)28/h1-13,32-33H. The summed E-state index contributed by atoms with van der Waals surface area (Å²) in [5.74, 6) is -0.522. The van der Waals surface area contributed by atoms with Gasteiger partial charge in [0.15, 0.2) is 0 Å². The molecule has 0 unspecified atom stereocenters. The van der Waals surface area contributed by atoms with E-state index in [0.717, 1.165) is 30.3 Å². The first-order valence-corrected chi connectivity index (χ1v) is 15.1. The van der Waals surface area contributed by atoms with Crippen molar-refractivity contribution in [2.24, 2.45) is 0 Å². The van der Waals surface area contributed by atoms with Gasteiger partial charge in [-0.1, -0.05) is 35.9 Å². The van der Waals surface area contributed by atoms with Crippen molar-refractivity contribution in [3.63, 3.8) is 0 Å². The lowest BCUT2D eigenvalue weighted by Crippen LogP contribution is -2.18. The Morgan fingerprint density at radius 2 is 1.34 bits per heavy atom. The smallest absolute Gasteiger partial charge is 0.406 e. The molecule has 0 fully saturated rings. The normalized spacial score (nSPS) is 12.7. The van der Waals surface area contributed by atoms with Gasteiger partial charge in [-0.25, -0.2) is 16.8 Å². The number of halogens is 7. The van der Waals surface area contributed by atoms with Crippen LogP contribution < -0.4 is 14.2 Å². The average molecular weight is 657 g/mol. The molecule has 218 valence electrons. The van der Waals surface area contributed by atoms with Crippen molar-refractivity contribution in [3.8, 4) is 16.9 Å². The molecular formula is C24H15ClF6N2O5S3. The first kappa shape index (κ1) is 30.5. The van der Waals surface area contributed by atoms with Crippen LogP contribution in [0.1, 0.15) is 5.56 Å². The lowest BCUT2D eigenvalue weighted by Gasteiger charge is -2.17. The van der Waals surface area contributed by atoms with Crippen molar-refractivity contribution < 1.29 is 47.9 Å². The Hall–Kier alpha value is -3.47. The van der Waals surface area contributed by atoms with E-state index < -0.39 is 48.8 Å². The molecule has 0 saturated heterocycles. The van der Waals surface area contributed by atoms with E-state index in [1.807, 2.05) is 0 Å². The van der Waals surface area contributed by atoms with Gasteiger partial charge in [0.2, 0.25) is 0 Å². The second-order valence-electron chi connectivity index (χ2n) is 8.13. The lowest BCUT2D eigenvalue weighted by atomic mass is 10.0. The summed E-state index contributed by atoms with van der Waals surface area (Å²) in [5, 5.41) is 0. The van der Waals surface area contributed by atoms with Gasteiger partial charge >= 0.3 is 12.5 Å². The van der Waals surface area contributed by atoms with Crippen LogP contribution >= 0.6 is 22.9 Å². The van der Waals surface area contributed by atoms with E-state index in [9.17, 15) is 43.2 Å². The van der Waals surface area contributed by atoms with Crippen molar-refractivity contribution in [1.82, 2.24) is 0 Å². The van der Waals surface area contributed by atoms with Crippen LogP contribution in [0.4, 0.5) is 37.7 Å². The average Bonchev–Trinajstić information content (AvgIpc) is 3.31. The van der Waals surface area contributed by atoms with Crippen LogP contribution in [0.15, 0.2) is 88.0 Å².